The Labute approximate surface area is 132 Å². The molecule has 0 heterocycles. The van der Waals surface area contributed by atoms with Gasteiger partial charge in [0.2, 0.25) is 0 Å². The highest BCUT2D eigenvalue weighted by atomic mass is 79.9. The molecule has 2 aromatic rings. The summed E-state index contributed by atoms with van der Waals surface area (Å²) in [5.74, 6) is 1.07. The maximum Gasteiger partial charge on any atom is 0.130 e. The zero-order chi connectivity index (χ0) is 15.2. The monoisotopic (exact) mass is 353 g/mol. The molecule has 2 rings (SSSR count). The van der Waals surface area contributed by atoms with E-state index in [9.17, 15) is 4.39 Å². The zero-order valence-electron chi connectivity index (χ0n) is 11.7. The number of benzene rings is 2. The highest BCUT2D eigenvalue weighted by Gasteiger charge is 2.08. The predicted molar refractivity (Wildman–Crippen MR) is 84.2 cm³/mol. The highest BCUT2D eigenvalue weighted by Crippen LogP contribution is 2.26. The van der Waals surface area contributed by atoms with Crippen molar-refractivity contribution < 1.29 is 13.9 Å². The Morgan fingerprint density at radius 1 is 1.14 bits per heavy atom. The lowest BCUT2D eigenvalue weighted by molar-refractivity contribution is 0.294. The maximum atomic E-state index is 13.8. The second-order valence-electron chi connectivity index (χ2n) is 4.54. The van der Waals surface area contributed by atoms with E-state index in [1.165, 1.54) is 6.07 Å². The van der Waals surface area contributed by atoms with Crippen LogP contribution in [0.5, 0.6) is 11.5 Å². The molecule has 2 N–H and O–H groups in total. The summed E-state index contributed by atoms with van der Waals surface area (Å²) < 4.78 is 25.4. The molecule has 0 fully saturated rings. The van der Waals surface area contributed by atoms with Crippen LogP contribution in [0.25, 0.3) is 0 Å². The summed E-state index contributed by atoms with van der Waals surface area (Å²) >= 11 is 3.23. The van der Waals surface area contributed by atoms with Gasteiger partial charge in [-0.25, -0.2) is 4.39 Å². The normalized spacial score (nSPS) is 10.5. The third kappa shape index (κ3) is 4.19. The number of ether oxygens (including phenoxy) is 2. The van der Waals surface area contributed by atoms with Crippen LogP contribution in [-0.2, 0) is 13.0 Å². The summed E-state index contributed by atoms with van der Waals surface area (Å²) in [4.78, 5) is 0. The molecule has 0 saturated carbocycles. The van der Waals surface area contributed by atoms with Crippen molar-refractivity contribution in [1.82, 2.24) is 0 Å². The van der Waals surface area contributed by atoms with E-state index in [0.717, 1.165) is 5.56 Å². The third-order valence-corrected chi connectivity index (χ3v) is 3.58. The van der Waals surface area contributed by atoms with Crippen LogP contribution < -0.4 is 15.2 Å². The first-order valence-corrected chi connectivity index (χ1v) is 7.37. The first-order valence-electron chi connectivity index (χ1n) is 6.57. The molecule has 2 aromatic carbocycles. The summed E-state index contributed by atoms with van der Waals surface area (Å²) in [5, 5.41) is 0. The lowest BCUT2D eigenvalue weighted by Crippen LogP contribution is -2.06. The van der Waals surface area contributed by atoms with E-state index in [0.29, 0.717) is 34.5 Å². The van der Waals surface area contributed by atoms with E-state index in [4.69, 9.17) is 15.2 Å². The van der Waals surface area contributed by atoms with Crippen molar-refractivity contribution >= 4 is 15.9 Å². The molecule has 0 spiro atoms. The van der Waals surface area contributed by atoms with Crippen LogP contribution in [0.15, 0.2) is 40.9 Å². The Morgan fingerprint density at radius 3 is 2.57 bits per heavy atom. The van der Waals surface area contributed by atoms with Crippen molar-refractivity contribution in [2.24, 2.45) is 5.73 Å². The number of halogens is 2. The molecule has 0 aromatic heterocycles. The molecular weight excluding hydrogens is 337 g/mol. The largest absolute Gasteiger partial charge is 0.497 e. The minimum atomic E-state index is -0.298. The van der Waals surface area contributed by atoms with Gasteiger partial charge in [0.15, 0.2) is 0 Å². The second-order valence-corrected chi connectivity index (χ2v) is 5.45. The molecule has 0 aliphatic carbocycles. The molecule has 0 aliphatic rings. The average Bonchev–Trinajstić information content (AvgIpc) is 2.48. The van der Waals surface area contributed by atoms with Crippen LogP contribution in [0, 0.1) is 5.82 Å². The van der Waals surface area contributed by atoms with Gasteiger partial charge in [-0.05, 0) is 36.7 Å². The van der Waals surface area contributed by atoms with Crippen LogP contribution in [0.2, 0.25) is 0 Å². The van der Waals surface area contributed by atoms with Crippen molar-refractivity contribution in [2.75, 3.05) is 13.7 Å². The van der Waals surface area contributed by atoms with E-state index in [1.54, 1.807) is 25.3 Å². The predicted octanol–water partition coefficient (Wildman–Crippen LogP) is 3.68. The molecule has 0 radical (unpaired) electrons. The molecule has 0 unspecified atom stereocenters. The van der Waals surface area contributed by atoms with Crippen molar-refractivity contribution in [1.29, 1.82) is 0 Å². The van der Waals surface area contributed by atoms with Crippen LogP contribution in [0.4, 0.5) is 4.39 Å². The van der Waals surface area contributed by atoms with E-state index >= 15 is 0 Å². The average molecular weight is 354 g/mol. The van der Waals surface area contributed by atoms with Crippen LogP contribution in [-0.4, -0.2) is 13.7 Å². The van der Waals surface area contributed by atoms with Gasteiger partial charge in [0.1, 0.15) is 23.9 Å². The van der Waals surface area contributed by atoms with Crippen molar-refractivity contribution in [3.8, 4) is 11.5 Å². The maximum absolute atomic E-state index is 13.8. The zero-order valence-corrected chi connectivity index (χ0v) is 13.3. The minimum absolute atomic E-state index is 0.157. The van der Waals surface area contributed by atoms with Gasteiger partial charge in [0.25, 0.3) is 0 Å². The van der Waals surface area contributed by atoms with Gasteiger partial charge in [-0.15, -0.1) is 0 Å². The molecule has 5 heteroatoms. The number of rotatable bonds is 6. The first kappa shape index (κ1) is 15.8. The van der Waals surface area contributed by atoms with E-state index in [1.807, 2.05) is 12.1 Å². The minimum Gasteiger partial charge on any atom is -0.497 e. The third-order valence-electron chi connectivity index (χ3n) is 3.09. The summed E-state index contributed by atoms with van der Waals surface area (Å²) in [6.45, 7) is 0.680. The van der Waals surface area contributed by atoms with Crippen molar-refractivity contribution in [3.63, 3.8) is 0 Å². The molecule has 21 heavy (non-hydrogen) atoms. The van der Waals surface area contributed by atoms with Crippen LogP contribution in [0.3, 0.4) is 0 Å². The highest BCUT2D eigenvalue weighted by molar-refractivity contribution is 9.10. The van der Waals surface area contributed by atoms with Gasteiger partial charge >= 0.3 is 0 Å². The summed E-state index contributed by atoms with van der Waals surface area (Å²) in [7, 11) is 1.59. The molecular formula is C16H17BrFNO2. The molecule has 0 atom stereocenters. The standard InChI is InChI=1S/C16H17BrFNO2/c1-20-14-5-3-11(6-7-19)16(9-14)21-10-12-2-4-13(17)8-15(12)18/h2-5,8-9H,6-7,10,19H2,1H3. The van der Waals surface area contributed by atoms with Gasteiger partial charge in [-0.3, -0.25) is 0 Å². The van der Waals surface area contributed by atoms with E-state index < -0.39 is 0 Å². The Balaban J connectivity index is 2.17. The van der Waals surface area contributed by atoms with E-state index in [2.05, 4.69) is 15.9 Å². The molecule has 0 bridgehead atoms. The molecule has 3 nitrogen and oxygen atoms in total. The molecule has 0 saturated heterocycles. The quantitative estimate of drug-likeness (QED) is 0.861. The Bertz CT molecular complexity index is 619. The van der Waals surface area contributed by atoms with Crippen molar-refractivity contribution in [2.45, 2.75) is 13.0 Å². The van der Waals surface area contributed by atoms with E-state index in [-0.39, 0.29) is 12.4 Å². The lowest BCUT2D eigenvalue weighted by Gasteiger charge is -2.13. The topological polar surface area (TPSA) is 44.5 Å². The fraction of sp³-hybridized carbons (Fsp3) is 0.250. The number of methoxy groups -OCH3 is 1. The number of hydrogen-bond donors (Lipinski definition) is 1. The lowest BCUT2D eigenvalue weighted by atomic mass is 10.1. The number of nitrogens with two attached hydrogens (primary N) is 1. The fourth-order valence-corrected chi connectivity index (χ4v) is 2.29. The van der Waals surface area contributed by atoms with Crippen LogP contribution in [0.1, 0.15) is 11.1 Å². The van der Waals surface area contributed by atoms with Gasteiger partial charge in [0.05, 0.1) is 7.11 Å². The molecule has 112 valence electrons. The Kier molecular flexibility index (Phi) is 5.59. The first-order chi connectivity index (χ1) is 10.1. The fourth-order valence-electron chi connectivity index (χ4n) is 1.95. The van der Waals surface area contributed by atoms with Gasteiger partial charge in [-0.2, -0.15) is 0 Å². The summed E-state index contributed by atoms with van der Waals surface area (Å²) in [5.41, 5.74) is 7.08. The second kappa shape index (κ2) is 7.43. The summed E-state index contributed by atoms with van der Waals surface area (Å²) in [6.07, 6.45) is 0.697. The van der Waals surface area contributed by atoms with Gasteiger partial charge in [-0.1, -0.05) is 28.1 Å². The van der Waals surface area contributed by atoms with Crippen molar-refractivity contribution in [3.05, 3.63) is 57.8 Å². The van der Waals surface area contributed by atoms with Gasteiger partial charge < -0.3 is 15.2 Å². The molecule has 0 aliphatic heterocycles. The SMILES string of the molecule is COc1ccc(CCN)c(OCc2ccc(Br)cc2F)c1. The Hall–Kier alpha value is -1.59. The smallest absolute Gasteiger partial charge is 0.130 e. The van der Waals surface area contributed by atoms with Crippen LogP contribution >= 0.6 is 15.9 Å². The Morgan fingerprint density at radius 2 is 1.90 bits per heavy atom. The summed E-state index contributed by atoms with van der Waals surface area (Å²) in [6, 6.07) is 10.5. The number of hydrogen-bond acceptors (Lipinski definition) is 3. The molecule has 0 amide bonds. The van der Waals surface area contributed by atoms with Gasteiger partial charge in [0, 0.05) is 16.1 Å².